The SMILES string of the molecule is CC1CCN(C2CCN3CCCC23)CC1CN. The molecule has 98 valence electrons. The van der Waals surface area contributed by atoms with Gasteiger partial charge < -0.3 is 5.73 Å². The summed E-state index contributed by atoms with van der Waals surface area (Å²) in [5.41, 5.74) is 5.92. The van der Waals surface area contributed by atoms with Gasteiger partial charge in [0.1, 0.15) is 0 Å². The highest BCUT2D eigenvalue weighted by Gasteiger charge is 2.41. The first-order valence-electron chi connectivity index (χ1n) is 7.47. The van der Waals surface area contributed by atoms with Crippen LogP contribution in [0.5, 0.6) is 0 Å². The van der Waals surface area contributed by atoms with Gasteiger partial charge in [-0.05, 0) is 57.2 Å². The van der Waals surface area contributed by atoms with Gasteiger partial charge in [0.05, 0.1) is 0 Å². The predicted molar refractivity (Wildman–Crippen MR) is 70.9 cm³/mol. The van der Waals surface area contributed by atoms with Crippen molar-refractivity contribution in [3.8, 4) is 0 Å². The predicted octanol–water partition coefficient (Wildman–Crippen LogP) is 1.14. The lowest BCUT2D eigenvalue weighted by atomic mass is 9.85. The molecule has 3 heteroatoms. The van der Waals surface area contributed by atoms with Crippen molar-refractivity contribution in [3.05, 3.63) is 0 Å². The molecule has 17 heavy (non-hydrogen) atoms. The molecule has 2 N–H and O–H groups in total. The number of hydrogen-bond donors (Lipinski definition) is 1. The van der Waals surface area contributed by atoms with Crippen molar-refractivity contribution in [2.45, 2.75) is 44.7 Å². The lowest BCUT2D eigenvalue weighted by Gasteiger charge is -2.41. The van der Waals surface area contributed by atoms with E-state index in [2.05, 4.69) is 16.7 Å². The van der Waals surface area contributed by atoms with Gasteiger partial charge in [0.25, 0.3) is 0 Å². The molecule has 0 radical (unpaired) electrons. The van der Waals surface area contributed by atoms with Crippen molar-refractivity contribution in [1.82, 2.24) is 9.80 Å². The normalized spacial score (nSPS) is 44.1. The van der Waals surface area contributed by atoms with E-state index in [-0.39, 0.29) is 0 Å². The summed E-state index contributed by atoms with van der Waals surface area (Å²) >= 11 is 0. The zero-order chi connectivity index (χ0) is 11.8. The Labute approximate surface area is 105 Å². The largest absolute Gasteiger partial charge is 0.330 e. The topological polar surface area (TPSA) is 32.5 Å². The molecule has 0 bridgehead atoms. The van der Waals surface area contributed by atoms with E-state index in [4.69, 9.17) is 5.73 Å². The van der Waals surface area contributed by atoms with Crippen LogP contribution in [0.2, 0.25) is 0 Å². The molecule has 0 aromatic heterocycles. The first-order valence-corrected chi connectivity index (χ1v) is 7.47. The third-order valence-corrected chi connectivity index (χ3v) is 5.49. The van der Waals surface area contributed by atoms with E-state index >= 15 is 0 Å². The Morgan fingerprint density at radius 3 is 2.59 bits per heavy atom. The number of piperidine rings is 1. The summed E-state index contributed by atoms with van der Waals surface area (Å²) in [6.45, 7) is 8.52. The van der Waals surface area contributed by atoms with Crippen molar-refractivity contribution >= 4 is 0 Å². The molecule has 3 aliphatic rings. The molecular weight excluding hydrogens is 210 g/mol. The van der Waals surface area contributed by atoms with Crippen molar-refractivity contribution in [1.29, 1.82) is 0 Å². The average molecular weight is 237 g/mol. The number of rotatable bonds is 2. The van der Waals surface area contributed by atoms with E-state index in [1.54, 1.807) is 0 Å². The third-order valence-electron chi connectivity index (χ3n) is 5.49. The molecule has 3 heterocycles. The Bertz CT molecular complexity index is 268. The van der Waals surface area contributed by atoms with Crippen molar-refractivity contribution < 1.29 is 0 Å². The standard InChI is InChI=1S/C14H27N3/c1-11-4-7-17(10-12(11)9-15)14-5-8-16-6-2-3-13(14)16/h11-14H,2-10,15H2,1H3. The number of hydrogen-bond acceptors (Lipinski definition) is 3. The molecule has 0 spiro atoms. The second kappa shape index (κ2) is 4.87. The summed E-state index contributed by atoms with van der Waals surface area (Å²) in [6.07, 6.45) is 5.61. The third kappa shape index (κ3) is 2.13. The fourth-order valence-corrected chi connectivity index (χ4v) is 4.27. The first-order chi connectivity index (χ1) is 8.29. The van der Waals surface area contributed by atoms with Crippen molar-refractivity contribution in [3.63, 3.8) is 0 Å². The fraction of sp³-hybridized carbons (Fsp3) is 1.00. The van der Waals surface area contributed by atoms with Crippen LogP contribution in [-0.4, -0.2) is 54.6 Å². The Hall–Kier alpha value is -0.120. The molecule has 4 atom stereocenters. The summed E-state index contributed by atoms with van der Waals surface area (Å²) in [5.74, 6) is 1.57. The molecular formula is C14H27N3. The van der Waals surface area contributed by atoms with Crippen LogP contribution in [0.25, 0.3) is 0 Å². The van der Waals surface area contributed by atoms with Gasteiger partial charge in [-0.2, -0.15) is 0 Å². The van der Waals surface area contributed by atoms with Crippen LogP contribution in [0.15, 0.2) is 0 Å². The summed E-state index contributed by atoms with van der Waals surface area (Å²) in [7, 11) is 0. The van der Waals surface area contributed by atoms with Gasteiger partial charge in [0, 0.05) is 25.2 Å². The van der Waals surface area contributed by atoms with E-state index in [9.17, 15) is 0 Å². The Morgan fingerprint density at radius 2 is 1.76 bits per heavy atom. The molecule has 0 aromatic carbocycles. The minimum absolute atomic E-state index is 0.735. The van der Waals surface area contributed by atoms with Gasteiger partial charge in [0.2, 0.25) is 0 Å². The van der Waals surface area contributed by atoms with Gasteiger partial charge in [-0.3, -0.25) is 9.80 Å². The molecule has 3 fully saturated rings. The Morgan fingerprint density at radius 1 is 1.00 bits per heavy atom. The fourth-order valence-electron chi connectivity index (χ4n) is 4.27. The minimum atomic E-state index is 0.735. The summed E-state index contributed by atoms with van der Waals surface area (Å²) in [4.78, 5) is 5.49. The molecule has 3 aliphatic heterocycles. The van der Waals surface area contributed by atoms with E-state index in [0.717, 1.165) is 30.5 Å². The Balaban J connectivity index is 1.64. The molecule has 0 aliphatic carbocycles. The van der Waals surface area contributed by atoms with Gasteiger partial charge in [-0.1, -0.05) is 6.92 Å². The van der Waals surface area contributed by atoms with Crippen LogP contribution in [0, 0.1) is 11.8 Å². The molecule has 0 aromatic rings. The number of nitrogens with two attached hydrogens (primary N) is 1. The summed E-state index contributed by atoms with van der Waals surface area (Å²) in [5, 5.41) is 0. The minimum Gasteiger partial charge on any atom is -0.330 e. The monoisotopic (exact) mass is 237 g/mol. The maximum Gasteiger partial charge on any atom is 0.0263 e. The van der Waals surface area contributed by atoms with E-state index < -0.39 is 0 Å². The zero-order valence-electron chi connectivity index (χ0n) is 11.1. The zero-order valence-corrected chi connectivity index (χ0v) is 11.1. The van der Waals surface area contributed by atoms with E-state index in [1.807, 2.05) is 0 Å². The van der Waals surface area contributed by atoms with Gasteiger partial charge in [0.15, 0.2) is 0 Å². The van der Waals surface area contributed by atoms with Crippen LogP contribution in [0.1, 0.15) is 32.6 Å². The quantitative estimate of drug-likeness (QED) is 0.782. The highest BCUT2D eigenvalue weighted by atomic mass is 15.3. The highest BCUT2D eigenvalue weighted by molar-refractivity contribution is 4.98. The number of likely N-dealkylation sites (tertiary alicyclic amines) is 1. The lowest BCUT2D eigenvalue weighted by molar-refractivity contribution is 0.0769. The molecule has 3 nitrogen and oxygen atoms in total. The molecule has 0 saturated carbocycles. The van der Waals surface area contributed by atoms with Gasteiger partial charge >= 0.3 is 0 Å². The number of fused-ring (bicyclic) bond motifs is 1. The van der Waals surface area contributed by atoms with Gasteiger partial charge in [-0.25, -0.2) is 0 Å². The molecule has 0 amide bonds. The van der Waals surface area contributed by atoms with E-state index in [0.29, 0.717) is 0 Å². The van der Waals surface area contributed by atoms with Crippen LogP contribution in [0.4, 0.5) is 0 Å². The van der Waals surface area contributed by atoms with Crippen LogP contribution < -0.4 is 5.73 Å². The molecule has 3 rings (SSSR count). The smallest absolute Gasteiger partial charge is 0.0263 e. The molecule has 3 saturated heterocycles. The van der Waals surface area contributed by atoms with Gasteiger partial charge in [-0.15, -0.1) is 0 Å². The second-order valence-corrected chi connectivity index (χ2v) is 6.36. The summed E-state index contributed by atoms with van der Waals surface area (Å²) in [6, 6.07) is 1.72. The molecule has 4 unspecified atom stereocenters. The van der Waals surface area contributed by atoms with Crippen LogP contribution >= 0.6 is 0 Å². The van der Waals surface area contributed by atoms with Crippen molar-refractivity contribution in [2.24, 2.45) is 17.6 Å². The lowest BCUT2D eigenvalue weighted by Crippen LogP contribution is -2.50. The summed E-state index contributed by atoms with van der Waals surface area (Å²) < 4.78 is 0. The Kier molecular flexibility index (Phi) is 3.42. The van der Waals surface area contributed by atoms with Crippen molar-refractivity contribution in [2.75, 3.05) is 32.7 Å². The van der Waals surface area contributed by atoms with E-state index in [1.165, 1.54) is 51.9 Å². The second-order valence-electron chi connectivity index (χ2n) is 6.36. The maximum atomic E-state index is 5.92. The maximum absolute atomic E-state index is 5.92. The van der Waals surface area contributed by atoms with Crippen LogP contribution in [0.3, 0.4) is 0 Å². The first kappa shape index (κ1) is 11.9. The number of nitrogens with zero attached hydrogens (tertiary/aromatic N) is 2. The average Bonchev–Trinajstić information content (AvgIpc) is 2.92. The van der Waals surface area contributed by atoms with Crippen LogP contribution in [-0.2, 0) is 0 Å². The highest BCUT2D eigenvalue weighted by Crippen LogP contribution is 2.34.